The van der Waals surface area contributed by atoms with Gasteiger partial charge in [-0.2, -0.15) is 0 Å². The fraction of sp³-hybridized carbons (Fsp3) is 0.579. The molecule has 4 rings (SSSR count). The van der Waals surface area contributed by atoms with E-state index in [0.717, 1.165) is 24.4 Å². The topological polar surface area (TPSA) is 35.5 Å². The van der Waals surface area contributed by atoms with Gasteiger partial charge in [-0.3, -0.25) is 4.90 Å². The molecule has 5 heteroatoms. The minimum absolute atomic E-state index is 0.666. The highest BCUT2D eigenvalue weighted by molar-refractivity contribution is 5.89. The van der Waals surface area contributed by atoms with Crippen LogP contribution in [0.3, 0.4) is 0 Å². The van der Waals surface area contributed by atoms with Crippen LogP contribution in [0, 0.1) is 6.92 Å². The quantitative estimate of drug-likeness (QED) is 0.864. The lowest BCUT2D eigenvalue weighted by Gasteiger charge is -2.37. The summed E-state index contributed by atoms with van der Waals surface area (Å²) >= 11 is 0. The van der Waals surface area contributed by atoms with Gasteiger partial charge in [0.15, 0.2) is 0 Å². The van der Waals surface area contributed by atoms with Crippen molar-refractivity contribution >= 4 is 16.7 Å². The number of hydrogen-bond donors (Lipinski definition) is 0. The smallest absolute Gasteiger partial charge is 0.139 e. The molecule has 0 N–H and O–H groups in total. The van der Waals surface area contributed by atoms with Crippen molar-refractivity contribution in [1.29, 1.82) is 0 Å². The number of nitrogens with zero attached hydrogens (tertiary/aromatic N) is 5. The number of fused-ring (bicyclic) bond motifs is 1. The standard InChI is InChI=1S/C19H27N5/c1-3-22-8-10-23(11-9-22)16-6-7-24(13-16)19-17-12-15(2)4-5-18(17)20-14-21-19/h4-5,12,14,16H,3,6-11,13H2,1-2H3. The average Bonchev–Trinajstić information content (AvgIpc) is 3.11. The van der Waals surface area contributed by atoms with Crippen molar-refractivity contribution in [3.8, 4) is 0 Å². The fourth-order valence-electron chi connectivity index (χ4n) is 4.09. The van der Waals surface area contributed by atoms with Crippen molar-refractivity contribution in [3.05, 3.63) is 30.1 Å². The van der Waals surface area contributed by atoms with E-state index < -0.39 is 0 Å². The van der Waals surface area contributed by atoms with Gasteiger partial charge in [-0.15, -0.1) is 0 Å². The minimum atomic E-state index is 0.666. The minimum Gasteiger partial charge on any atom is -0.354 e. The number of benzene rings is 1. The van der Waals surface area contributed by atoms with Gasteiger partial charge in [0.25, 0.3) is 0 Å². The van der Waals surface area contributed by atoms with Crippen molar-refractivity contribution < 1.29 is 0 Å². The van der Waals surface area contributed by atoms with Crippen LogP contribution in [0.15, 0.2) is 24.5 Å². The number of piperazine rings is 1. The Labute approximate surface area is 144 Å². The molecule has 5 nitrogen and oxygen atoms in total. The third-order valence-corrected chi connectivity index (χ3v) is 5.60. The molecule has 0 amide bonds. The van der Waals surface area contributed by atoms with E-state index in [1.165, 1.54) is 50.1 Å². The second kappa shape index (κ2) is 6.65. The first kappa shape index (κ1) is 15.8. The van der Waals surface area contributed by atoms with Crippen LogP contribution in [0.25, 0.3) is 10.9 Å². The molecule has 1 atom stereocenters. The van der Waals surface area contributed by atoms with Gasteiger partial charge in [0.1, 0.15) is 12.1 Å². The average molecular weight is 325 g/mol. The van der Waals surface area contributed by atoms with Gasteiger partial charge >= 0.3 is 0 Å². The molecule has 2 aromatic rings. The number of aryl methyl sites for hydroxylation is 1. The molecule has 2 aliphatic heterocycles. The lowest BCUT2D eigenvalue weighted by Crippen LogP contribution is -2.50. The monoisotopic (exact) mass is 325 g/mol. The molecule has 2 aliphatic rings. The Kier molecular flexibility index (Phi) is 4.37. The molecular formula is C19H27N5. The summed E-state index contributed by atoms with van der Waals surface area (Å²) in [6, 6.07) is 7.11. The van der Waals surface area contributed by atoms with Crippen LogP contribution in [0.5, 0.6) is 0 Å². The van der Waals surface area contributed by atoms with E-state index in [1.807, 2.05) is 0 Å². The van der Waals surface area contributed by atoms with Crippen LogP contribution >= 0.6 is 0 Å². The van der Waals surface area contributed by atoms with Crippen LogP contribution in [0.4, 0.5) is 5.82 Å². The van der Waals surface area contributed by atoms with Crippen LogP contribution in [0.1, 0.15) is 18.9 Å². The van der Waals surface area contributed by atoms with Crippen molar-refractivity contribution in [1.82, 2.24) is 19.8 Å². The largest absolute Gasteiger partial charge is 0.354 e. The van der Waals surface area contributed by atoms with E-state index in [4.69, 9.17) is 0 Å². The summed E-state index contributed by atoms with van der Waals surface area (Å²) in [6.45, 7) is 12.6. The third-order valence-electron chi connectivity index (χ3n) is 5.60. The van der Waals surface area contributed by atoms with Crippen LogP contribution in [-0.4, -0.2) is 71.6 Å². The second-order valence-corrected chi connectivity index (χ2v) is 7.08. The Morgan fingerprint density at radius 1 is 1.08 bits per heavy atom. The van der Waals surface area contributed by atoms with Crippen molar-refractivity contribution in [3.63, 3.8) is 0 Å². The zero-order valence-electron chi connectivity index (χ0n) is 14.8. The Morgan fingerprint density at radius 3 is 2.71 bits per heavy atom. The molecule has 0 aliphatic carbocycles. The summed E-state index contributed by atoms with van der Waals surface area (Å²) in [5.41, 5.74) is 2.32. The lowest BCUT2D eigenvalue weighted by atomic mass is 10.1. The highest BCUT2D eigenvalue weighted by Gasteiger charge is 2.30. The fourth-order valence-corrected chi connectivity index (χ4v) is 4.09. The Bertz CT molecular complexity index is 708. The Morgan fingerprint density at radius 2 is 1.92 bits per heavy atom. The highest BCUT2D eigenvalue weighted by atomic mass is 15.3. The third kappa shape index (κ3) is 2.98. The van der Waals surface area contributed by atoms with E-state index >= 15 is 0 Å². The van der Waals surface area contributed by atoms with E-state index in [1.54, 1.807) is 6.33 Å². The normalized spacial score (nSPS) is 23.2. The predicted molar refractivity (Wildman–Crippen MR) is 98.6 cm³/mol. The van der Waals surface area contributed by atoms with Gasteiger partial charge in [0.05, 0.1) is 5.52 Å². The summed E-state index contributed by atoms with van der Waals surface area (Å²) in [7, 11) is 0. The van der Waals surface area contributed by atoms with E-state index in [9.17, 15) is 0 Å². The molecule has 128 valence electrons. The second-order valence-electron chi connectivity index (χ2n) is 7.08. The first-order valence-electron chi connectivity index (χ1n) is 9.17. The molecule has 1 aromatic heterocycles. The summed E-state index contributed by atoms with van der Waals surface area (Å²) in [6.07, 6.45) is 2.95. The molecular weight excluding hydrogens is 298 g/mol. The molecule has 1 aromatic carbocycles. The van der Waals surface area contributed by atoms with Gasteiger partial charge in [-0.1, -0.05) is 18.6 Å². The lowest BCUT2D eigenvalue weighted by molar-refractivity contribution is 0.107. The van der Waals surface area contributed by atoms with Gasteiger partial charge in [0.2, 0.25) is 0 Å². The molecule has 0 bridgehead atoms. The van der Waals surface area contributed by atoms with E-state index in [-0.39, 0.29) is 0 Å². The van der Waals surface area contributed by atoms with Gasteiger partial charge in [-0.05, 0) is 32.0 Å². The van der Waals surface area contributed by atoms with Gasteiger partial charge in [-0.25, -0.2) is 9.97 Å². The van der Waals surface area contributed by atoms with Crippen molar-refractivity contribution in [2.24, 2.45) is 0 Å². The Hall–Kier alpha value is -1.72. The van der Waals surface area contributed by atoms with Crippen molar-refractivity contribution in [2.75, 3.05) is 50.7 Å². The summed E-state index contributed by atoms with van der Waals surface area (Å²) in [5.74, 6) is 1.11. The highest BCUT2D eigenvalue weighted by Crippen LogP contribution is 2.28. The predicted octanol–water partition coefficient (Wildman–Crippen LogP) is 2.15. The number of aromatic nitrogens is 2. The van der Waals surface area contributed by atoms with Gasteiger partial charge < -0.3 is 9.80 Å². The zero-order valence-corrected chi connectivity index (χ0v) is 14.8. The summed E-state index contributed by atoms with van der Waals surface area (Å²) in [4.78, 5) is 16.7. The van der Waals surface area contributed by atoms with Crippen molar-refractivity contribution in [2.45, 2.75) is 26.3 Å². The maximum atomic E-state index is 4.62. The SMILES string of the molecule is CCN1CCN(C2CCN(c3ncnc4ccc(C)cc34)C2)CC1. The number of likely N-dealkylation sites (N-methyl/N-ethyl adjacent to an activating group) is 1. The maximum absolute atomic E-state index is 4.62. The zero-order chi connectivity index (χ0) is 16.5. The number of rotatable bonds is 3. The van der Waals surface area contributed by atoms with Crippen LogP contribution in [0.2, 0.25) is 0 Å². The molecule has 0 radical (unpaired) electrons. The molecule has 1 unspecified atom stereocenters. The van der Waals surface area contributed by atoms with Crippen LogP contribution in [-0.2, 0) is 0 Å². The van der Waals surface area contributed by atoms with Gasteiger partial charge in [0, 0.05) is 50.7 Å². The van der Waals surface area contributed by atoms with E-state index in [0.29, 0.717) is 6.04 Å². The number of anilines is 1. The summed E-state index contributed by atoms with van der Waals surface area (Å²) < 4.78 is 0. The molecule has 2 saturated heterocycles. The Balaban J connectivity index is 1.50. The molecule has 3 heterocycles. The molecule has 2 fully saturated rings. The molecule has 24 heavy (non-hydrogen) atoms. The first-order chi connectivity index (χ1) is 11.7. The maximum Gasteiger partial charge on any atom is 0.139 e. The number of hydrogen-bond acceptors (Lipinski definition) is 5. The molecule has 0 saturated carbocycles. The van der Waals surface area contributed by atoms with Crippen LogP contribution < -0.4 is 4.90 Å². The van der Waals surface area contributed by atoms with E-state index in [2.05, 4.69) is 56.7 Å². The first-order valence-corrected chi connectivity index (χ1v) is 9.17. The molecule has 0 spiro atoms. The summed E-state index contributed by atoms with van der Waals surface area (Å²) in [5, 5.41) is 1.19.